The molecule has 5 nitrogen and oxygen atoms in total. The summed E-state index contributed by atoms with van der Waals surface area (Å²) in [6, 6.07) is 3.49. The number of nitrogens with one attached hydrogen (secondary N) is 1. The summed E-state index contributed by atoms with van der Waals surface area (Å²) in [4.78, 5) is 0. The molecular weight excluding hydrogens is 297 g/mol. The van der Waals surface area contributed by atoms with Gasteiger partial charge in [-0.1, -0.05) is 0 Å². The van der Waals surface area contributed by atoms with Crippen LogP contribution in [0.5, 0.6) is 0 Å². The van der Waals surface area contributed by atoms with Gasteiger partial charge >= 0.3 is 0 Å². The van der Waals surface area contributed by atoms with Crippen molar-refractivity contribution in [3.63, 3.8) is 0 Å². The molecule has 0 radical (unpaired) electrons. The molecule has 0 aliphatic rings. The second kappa shape index (κ2) is 5.17. The largest absolute Gasteiger partial charge is 0.446 e. The number of nitrogens with two attached hydrogens (primary N) is 1. The van der Waals surface area contributed by atoms with Crippen molar-refractivity contribution in [3.8, 4) is 0 Å². The van der Waals surface area contributed by atoms with E-state index in [1.807, 2.05) is 0 Å². The quantitative estimate of drug-likeness (QED) is 0.846. The van der Waals surface area contributed by atoms with Crippen LogP contribution < -0.4 is 10.5 Å². The van der Waals surface area contributed by atoms with Crippen LogP contribution in [0.3, 0.4) is 0 Å². The molecule has 0 aliphatic carbocycles. The topological polar surface area (TPSA) is 85.3 Å². The van der Waals surface area contributed by atoms with Crippen molar-refractivity contribution >= 4 is 15.7 Å². The third kappa shape index (κ3) is 3.11. The minimum absolute atomic E-state index is 0.127. The highest BCUT2D eigenvalue weighted by Crippen LogP contribution is 2.20. The normalized spacial score (nSPS) is 11.6. The van der Waals surface area contributed by atoms with Crippen molar-refractivity contribution in [3.05, 3.63) is 47.5 Å². The first kappa shape index (κ1) is 14.4. The van der Waals surface area contributed by atoms with E-state index in [0.717, 1.165) is 6.07 Å². The Labute approximate surface area is 112 Å². The van der Waals surface area contributed by atoms with Crippen LogP contribution in [0.2, 0.25) is 0 Å². The molecular formula is C11H9F3N2O3S. The Balaban J connectivity index is 2.13. The van der Waals surface area contributed by atoms with Crippen molar-refractivity contribution in [1.82, 2.24) is 0 Å². The molecule has 2 aromatic rings. The lowest BCUT2D eigenvalue weighted by Gasteiger charge is -2.06. The van der Waals surface area contributed by atoms with Crippen LogP contribution in [0.15, 0.2) is 33.8 Å². The zero-order chi connectivity index (χ0) is 14.9. The molecule has 0 aliphatic heterocycles. The van der Waals surface area contributed by atoms with Crippen LogP contribution in [0, 0.1) is 17.5 Å². The molecule has 0 saturated carbocycles. The van der Waals surface area contributed by atoms with Crippen LogP contribution in [-0.2, 0) is 16.6 Å². The van der Waals surface area contributed by atoms with E-state index < -0.39 is 32.6 Å². The number of hydrogen-bond acceptors (Lipinski definition) is 4. The summed E-state index contributed by atoms with van der Waals surface area (Å²) in [5.74, 6) is -3.36. The minimum Gasteiger partial charge on any atom is -0.446 e. The van der Waals surface area contributed by atoms with Gasteiger partial charge < -0.3 is 9.73 Å². The van der Waals surface area contributed by atoms with Crippen LogP contribution >= 0.6 is 0 Å². The summed E-state index contributed by atoms with van der Waals surface area (Å²) in [6.45, 7) is -0.127. The summed E-state index contributed by atoms with van der Waals surface area (Å²) in [6.07, 6.45) is 0. The Morgan fingerprint density at radius 1 is 1.10 bits per heavy atom. The van der Waals surface area contributed by atoms with Crippen LogP contribution in [0.4, 0.5) is 18.9 Å². The van der Waals surface area contributed by atoms with Gasteiger partial charge in [-0.2, -0.15) is 0 Å². The minimum atomic E-state index is -3.96. The van der Waals surface area contributed by atoms with E-state index in [1.165, 1.54) is 6.07 Å². The maximum absolute atomic E-state index is 13.3. The molecule has 0 unspecified atom stereocenters. The molecule has 0 saturated heterocycles. The molecule has 0 amide bonds. The van der Waals surface area contributed by atoms with Crippen molar-refractivity contribution < 1.29 is 26.0 Å². The first-order valence-corrected chi connectivity index (χ1v) is 6.82. The molecule has 3 N–H and O–H groups in total. The number of hydrogen-bond donors (Lipinski definition) is 2. The molecule has 1 heterocycles. The van der Waals surface area contributed by atoms with Gasteiger partial charge in [0, 0.05) is 12.1 Å². The number of sulfonamides is 1. The lowest BCUT2D eigenvalue weighted by molar-refractivity contribution is 0.419. The highest BCUT2D eigenvalue weighted by atomic mass is 32.2. The van der Waals surface area contributed by atoms with E-state index in [4.69, 9.17) is 9.56 Å². The van der Waals surface area contributed by atoms with Gasteiger partial charge in [-0.05, 0) is 12.1 Å². The fraction of sp³-hybridized carbons (Fsp3) is 0.0909. The summed E-state index contributed by atoms with van der Waals surface area (Å²) >= 11 is 0. The second-order valence-electron chi connectivity index (χ2n) is 3.87. The van der Waals surface area contributed by atoms with Gasteiger partial charge in [0.25, 0.3) is 10.0 Å². The highest BCUT2D eigenvalue weighted by Gasteiger charge is 2.14. The third-order valence-corrected chi connectivity index (χ3v) is 3.16. The predicted molar refractivity (Wildman–Crippen MR) is 63.7 cm³/mol. The average Bonchev–Trinajstić information content (AvgIpc) is 2.80. The first-order chi connectivity index (χ1) is 9.27. The Bertz CT molecular complexity index is 743. The number of rotatable bonds is 4. The second-order valence-corrected chi connectivity index (χ2v) is 5.36. The van der Waals surface area contributed by atoms with E-state index in [0.29, 0.717) is 12.1 Å². The fourth-order valence-corrected chi connectivity index (χ4v) is 1.93. The highest BCUT2D eigenvalue weighted by molar-refractivity contribution is 7.89. The van der Waals surface area contributed by atoms with Gasteiger partial charge in [0.05, 0.1) is 12.2 Å². The van der Waals surface area contributed by atoms with Crippen LogP contribution in [-0.4, -0.2) is 8.42 Å². The smallest absolute Gasteiger partial charge is 0.271 e. The van der Waals surface area contributed by atoms with Gasteiger partial charge in [0.2, 0.25) is 5.09 Å². The number of primary sulfonamides is 1. The van der Waals surface area contributed by atoms with Crippen molar-refractivity contribution in [1.29, 1.82) is 0 Å². The van der Waals surface area contributed by atoms with E-state index in [9.17, 15) is 21.6 Å². The van der Waals surface area contributed by atoms with E-state index in [2.05, 4.69) is 5.32 Å². The Hall–Kier alpha value is -2.00. The Morgan fingerprint density at radius 3 is 2.35 bits per heavy atom. The Morgan fingerprint density at radius 2 is 1.75 bits per heavy atom. The van der Waals surface area contributed by atoms with Gasteiger partial charge in [-0.25, -0.2) is 26.7 Å². The number of benzene rings is 1. The molecule has 9 heteroatoms. The van der Waals surface area contributed by atoms with Gasteiger partial charge in [-0.3, -0.25) is 0 Å². The van der Waals surface area contributed by atoms with Crippen LogP contribution in [0.1, 0.15) is 5.76 Å². The van der Waals surface area contributed by atoms with Crippen LogP contribution in [0.25, 0.3) is 0 Å². The predicted octanol–water partition coefficient (Wildman–Crippen LogP) is 1.96. The van der Waals surface area contributed by atoms with Crippen molar-refractivity contribution in [2.24, 2.45) is 5.14 Å². The van der Waals surface area contributed by atoms with Crippen molar-refractivity contribution in [2.45, 2.75) is 11.6 Å². The summed E-state index contributed by atoms with van der Waals surface area (Å²) < 4.78 is 65.8. The zero-order valence-corrected chi connectivity index (χ0v) is 10.7. The van der Waals surface area contributed by atoms with E-state index in [1.54, 1.807) is 0 Å². The molecule has 0 bridgehead atoms. The molecule has 0 atom stereocenters. The maximum atomic E-state index is 13.3. The third-order valence-electron chi connectivity index (χ3n) is 2.38. The summed E-state index contributed by atoms with van der Waals surface area (Å²) in [7, 11) is -3.96. The lowest BCUT2D eigenvalue weighted by Crippen LogP contribution is -2.10. The Kier molecular flexibility index (Phi) is 3.73. The standard InChI is InChI=1S/C11H9F3N2O3S/c12-7-3-9(14)10(4-8(7)13)16-5-6-1-2-11(19-6)20(15,17)18/h1-4,16H,5H2,(H2,15,17,18). The molecule has 20 heavy (non-hydrogen) atoms. The van der Waals surface area contributed by atoms with Crippen molar-refractivity contribution in [2.75, 3.05) is 5.32 Å². The number of anilines is 1. The molecule has 108 valence electrons. The summed E-state index contributed by atoms with van der Waals surface area (Å²) in [5.41, 5.74) is -0.280. The number of furan rings is 1. The maximum Gasteiger partial charge on any atom is 0.271 e. The molecule has 1 aromatic heterocycles. The molecule has 2 rings (SSSR count). The van der Waals surface area contributed by atoms with Gasteiger partial charge in [0.1, 0.15) is 11.6 Å². The lowest BCUT2D eigenvalue weighted by atomic mass is 10.2. The van der Waals surface area contributed by atoms with E-state index >= 15 is 0 Å². The monoisotopic (exact) mass is 306 g/mol. The molecule has 0 fully saturated rings. The fourth-order valence-electron chi connectivity index (χ4n) is 1.45. The van der Waals surface area contributed by atoms with Gasteiger partial charge in [0.15, 0.2) is 11.6 Å². The van der Waals surface area contributed by atoms with Gasteiger partial charge in [-0.15, -0.1) is 0 Å². The summed E-state index contributed by atoms with van der Waals surface area (Å²) in [5, 5.41) is 6.85. The number of halogens is 3. The zero-order valence-electron chi connectivity index (χ0n) is 9.86. The van der Waals surface area contributed by atoms with E-state index in [-0.39, 0.29) is 18.0 Å². The first-order valence-electron chi connectivity index (χ1n) is 5.27. The molecule has 0 spiro atoms. The molecule has 1 aromatic carbocycles. The average molecular weight is 306 g/mol. The SMILES string of the molecule is NS(=O)(=O)c1ccc(CNc2cc(F)c(F)cc2F)o1.